The fourth-order valence-corrected chi connectivity index (χ4v) is 4.03. The Kier molecular flexibility index (Phi) is 5.13. The molecule has 1 amide bonds. The first-order valence-electron chi connectivity index (χ1n) is 9.68. The largest absolute Gasteiger partial charge is 0.454 e. The number of hydrogen-bond acceptors (Lipinski definition) is 5. The number of nitrogens with one attached hydrogen (secondary N) is 1. The highest BCUT2D eigenvalue weighted by Gasteiger charge is 2.18. The van der Waals surface area contributed by atoms with Crippen LogP contribution in [-0.4, -0.2) is 22.5 Å². The van der Waals surface area contributed by atoms with Gasteiger partial charge in [-0.25, -0.2) is 4.39 Å². The molecule has 0 spiro atoms. The summed E-state index contributed by atoms with van der Waals surface area (Å²) in [5.74, 6) is 0.835. The Morgan fingerprint density at radius 3 is 2.68 bits per heavy atom. The highest BCUT2D eigenvalue weighted by atomic mass is 32.1. The maximum atomic E-state index is 13.3. The Bertz CT molecular complexity index is 1220. The van der Waals surface area contributed by atoms with Crippen LogP contribution in [0.5, 0.6) is 11.5 Å². The van der Waals surface area contributed by atoms with E-state index in [1.807, 2.05) is 35.7 Å². The second kappa shape index (κ2) is 8.23. The van der Waals surface area contributed by atoms with Crippen molar-refractivity contribution in [3.8, 4) is 22.1 Å². The molecule has 0 atom stereocenters. The maximum absolute atomic E-state index is 13.3. The smallest absolute Gasteiger partial charge is 0.269 e. The van der Waals surface area contributed by atoms with Crippen molar-refractivity contribution in [3.05, 3.63) is 88.7 Å². The Balaban J connectivity index is 1.38. The van der Waals surface area contributed by atoms with E-state index in [9.17, 15) is 9.18 Å². The molecule has 156 valence electrons. The van der Waals surface area contributed by atoms with Gasteiger partial charge in [-0.3, -0.25) is 9.48 Å². The van der Waals surface area contributed by atoms with Gasteiger partial charge >= 0.3 is 0 Å². The zero-order valence-corrected chi connectivity index (χ0v) is 17.2. The third-order valence-electron chi connectivity index (χ3n) is 4.92. The Morgan fingerprint density at radius 2 is 1.87 bits per heavy atom. The molecule has 3 heterocycles. The van der Waals surface area contributed by atoms with E-state index in [1.54, 1.807) is 34.2 Å². The van der Waals surface area contributed by atoms with Crippen molar-refractivity contribution in [2.75, 3.05) is 6.79 Å². The lowest BCUT2D eigenvalue weighted by Crippen LogP contribution is -2.26. The average molecular weight is 435 g/mol. The Labute approximate surface area is 181 Å². The molecule has 0 aliphatic carbocycles. The fraction of sp³-hybridized carbons (Fsp3) is 0.130. The van der Waals surface area contributed by atoms with Crippen LogP contribution in [0.3, 0.4) is 0 Å². The summed E-state index contributed by atoms with van der Waals surface area (Å²) in [5, 5.41) is 9.54. The molecule has 0 saturated carbocycles. The summed E-state index contributed by atoms with van der Waals surface area (Å²) in [7, 11) is 0. The summed E-state index contributed by atoms with van der Waals surface area (Å²) in [5.41, 5.74) is 2.92. The monoisotopic (exact) mass is 435 g/mol. The standard InChI is InChI=1S/C23H18FN3O3S/c24-17-6-3-15(4-7-17)13-27-19(11-18(26-27)22-2-1-9-31-22)23(28)25-12-16-5-8-20-21(10-16)30-14-29-20/h1-11H,12-14H2,(H,25,28). The third-order valence-corrected chi connectivity index (χ3v) is 5.81. The molecular formula is C23H18FN3O3S. The summed E-state index contributed by atoms with van der Waals surface area (Å²) in [6, 6.07) is 17.4. The van der Waals surface area contributed by atoms with E-state index in [0.717, 1.165) is 21.7 Å². The van der Waals surface area contributed by atoms with Gasteiger partial charge in [0.1, 0.15) is 17.2 Å². The molecule has 4 aromatic rings. The van der Waals surface area contributed by atoms with Crippen LogP contribution in [0.15, 0.2) is 66.0 Å². The third kappa shape index (κ3) is 4.15. The van der Waals surface area contributed by atoms with E-state index >= 15 is 0 Å². The van der Waals surface area contributed by atoms with Crippen molar-refractivity contribution in [3.63, 3.8) is 0 Å². The first-order valence-corrected chi connectivity index (χ1v) is 10.6. The number of amides is 1. The van der Waals surface area contributed by atoms with Crippen LogP contribution in [0.25, 0.3) is 10.6 Å². The van der Waals surface area contributed by atoms with Gasteiger partial charge < -0.3 is 14.8 Å². The minimum Gasteiger partial charge on any atom is -0.454 e. The van der Waals surface area contributed by atoms with Crippen molar-refractivity contribution < 1.29 is 18.7 Å². The molecule has 1 aliphatic rings. The van der Waals surface area contributed by atoms with Gasteiger partial charge in [0.15, 0.2) is 11.5 Å². The van der Waals surface area contributed by atoms with Crippen molar-refractivity contribution in [2.24, 2.45) is 0 Å². The number of fused-ring (bicyclic) bond motifs is 1. The van der Waals surface area contributed by atoms with Gasteiger partial charge in [-0.15, -0.1) is 11.3 Å². The number of hydrogen-bond donors (Lipinski definition) is 1. The molecule has 31 heavy (non-hydrogen) atoms. The normalized spacial score (nSPS) is 12.2. The zero-order chi connectivity index (χ0) is 21.2. The topological polar surface area (TPSA) is 65.4 Å². The van der Waals surface area contributed by atoms with Crippen LogP contribution in [0.1, 0.15) is 21.6 Å². The highest BCUT2D eigenvalue weighted by Crippen LogP contribution is 2.32. The molecular weight excluding hydrogens is 417 g/mol. The Morgan fingerprint density at radius 1 is 1.06 bits per heavy atom. The first kappa shape index (κ1) is 19.3. The molecule has 2 aromatic carbocycles. The minimum absolute atomic E-state index is 0.208. The summed E-state index contributed by atoms with van der Waals surface area (Å²) >= 11 is 1.56. The molecule has 8 heteroatoms. The number of rotatable bonds is 6. The minimum atomic E-state index is -0.301. The van der Waals surface area contributed by atoms with Gasteiger partial charge in [0.25, 0.3) is 5.91 Å². The van der Waals surface area contributed by atoms with Crippen LogP contribution in [-0.2, 0) is 13.1 Å². The lowest BCUT2D eigenvalue weighted by atomic mass is 10.2. The van der Waals surface area contributed by atoms with Gasteiger partial charge in [0.2, 0.25) is 6.79 Å². The number of ether oxygens (including phenoxy) is 2. The van der Waals surface area contributed by atoms with E-state index in [0.29, 0.717) is 30.3 Å². The lowest BCUT2D eigenvalue weighted by Gasteiger charge is -2.09. The number of thiophene rings is 1. The summed E-state index contributed by atoms with van der Waals surface area (Å²) in [6.07, 6.45) is 0. The maximum Gasteiger partial charge on any atom is 0.269 e. The van der Waals surface area contributed by atoms with Gasteiger partial charge in [-0.1, -0.05) is 24.3 Å². The first-order chi connectivity index (χ1) is 15.2. The Hall–Kier alpha value is -3.65. The van der Waals surface area contributed by atoms with Crippen molar-refractivity contribution >= 4 is 17.2 Å². The van der Waals surface area contributed by atoms with Crippen molar-refractivity contribution in [1.29, 1.82) is 0 Å². The summed E-state index contributed by atoms with van der Waals surface area (Å²) < 4.78 is 25.6. The second-order valence-electron chi connectivity index (χ2n) is 7.05. The van der Waals surface area contributed by atoms with Gasteiger partial charge in [-0.05, 0) is 52.9 Å². The van der Waals surface area contributed by atoms with E-state index in [2.05, 4.69) is 10.4 Å². The molecule has 0 radical (unpaired) electrons. The van der Waals surface area contributed by atoms with E-state index in [1.165, 1.54) is 12.1 Å². The van der Waals surface area contributed by atoms with E-state index < -0.39 is 0 Å². The van der Waals surface area contributed by atoms with Crippen LogP contribution < -0.4 is 14.8 Å². The molecule has 0 unspecified atom stereocenters. The van der Waals surface area contributed by atoms with Crippen molar-refractivity contribution in [1.82, 2.24) is 15.1 Å². The number of nitrogens with zero attached hydrogens (tertiary/aromatic N) is 2. The molecule has 5 rings (SSSR count). The molecule has 0 bridgehead atoms. The second-order valence-corrected chi connectivity index (χ2v) is 7.99. The summed E-state index contributed by atoms with van der Waals surface area (Å²) in [4.78, 5) is 14.0. The predicted molar refractivity (Wildman–Crippen MR) is 115 cm³/mol. The molecule has 6 nitrogen and oxygen atoms in total. The number of benzene rings is 2. The fourth-order valence-electron chi connectivity index (χ4n) is 3.35. The van der Waals surface area contributed by atoms with E-state index in [-0.39, 0.29) is 18.5 Å². The van der Waals surface area contributed by atoms with Crippen LogP contribution in [0.2, 0.25) is 0 Å². The molecule has 1 aliphatic heterocycles. The van der Waals surface area contributed by atoms with Crippen LogP contribution >= 0.6 is 11.3 Å². The number of carbonyl (C=O) groups is 1. The van der Waals surface area contributed by atoms with Gasteiger partial charge in [0, 0.05) is 6.54 Å². The molecule has 0 saturated heterocycles. The zero-order valence-electron chi connectivity index (χ0n) is 16.4. The number of halogens is 1. The van der Waals surface area contributed by atoms with Gasteiger partial charge in [0.05, 0.1) is 11.4 Å². The number of aromatic nitrogens is 2. The highest BCUT2D eigenvalue weighted by molar-refractivity contribution is 7.13. The lowest BCUT2D eigenvalue weighted by molar-refractivity contribution is 0.0940. The van der Waals surface area contributed by atoms with Gasteiger partial charge in [-0.2, -0.15) is 5.10 Å². The number of carbonyl (C=O) groups excluding carboxylic acids is 1. The molecule has 2 aromatic heterocycles. The van der Waals surface area contributed by atoms with Crippen molar-refractivity contribution in [2.45, 2.75) is 13.1 Å². The molecule has 0 fully saturated rings. The molecule has 1 N–H and O–H groups in total. The predicted octanol–water partition coefficient (Wildman–Crippen LogP) is 4.46. The SMILES string of the molecule is O=C(NCc1ccc2c(c1)OCO2)c1cc(-c2cccs2)nn1Cc1ccc(F)cc1. The van der Waals surface area contributed by atoms with Crippen LogP contribution in [0.4, 0.5) is 4.39 Å². The summed E-state index contributed by atoms with van der Waals surface area (Å²) in [6.45, 7) is 0.906. The van der Waals surface area contributed by atoms with E-state index in [4.69, 9.17) is 9.47 Å². The average Bonchev–Trinajstić information content (AvgIpc) is 3.53. The van der Waals surface area contributed by atoms with Crippen LogP contribution in [0, 0.1) is 5.82 Å². The quantitative estimate of drug-likeness (QED) is 0.486.